The number of rotatable bonds is 9. The number of urea groups is 1. The van der Waals surface area contributed by atoms with Gasteiger partial charge in [0.2, 0.25) is 23.5 Å². The number of hydrogen-bond donors (Lipinski definition) is 5. The van der Waals surface area contributed by atoms with Crippen molar-refractivity contribution in [2.45, 2.75) is 98.3 Å². The van der Waals surface area contributed by atoms with Crippen LogP contribution in [0.3, 0.4) is 0 Å². The Morgan fingerprint density at radius 1 is 1.07 bits per heavy atom. The molecule has 224 valence electrons. The van der Waals surface area contributed by atoms with Crippen LogP contribution in [0.15, 0.2) is 0 Å². The van der Waals surface area contributed by atoms with E-state index in [0.717, 1.165) is 0 Å². The van der Waals surface area contributed by atoms with E-state index >= 15 is 0 Å². The standard InChI is InChI=1S/C28H46N6O6/c1-26(2,3)20(32-25(40)33-27(4,5)6)24(39)34-13-15-17(28(15,7)8)18(34)23(38)31-16(19(35)21(29)36)10-9-14-11-12-30-22(14)37/h14-18,20H,9-13H2,1-8H3,(H2,29,36)(H,30,37)(H,31,38)(H2,32,33,40)/t14-,15+,16+,17+,18+,20-/m1/s1. The molecule has 1 saturated carbocycles. The van der Waals surface area contributed by atoms with Gasteiger partial charge in [-0.05, 0) is 62.7 Å². The smallest absolute Gasteiger partial charge is 0.315 e. The maximum Gasteiger partial charge on any atom is 0.315 e. The van der Waals surface area contributed by atoms with Crippen molar-refractivity contribution in [3.8, 4) is 0 Å². The molecule has 12 heteroatoms. The molecule has 3 aliphatic rings. The lowest BCUT2D eigenvalue weighted by Gasteiger charge is -2.38. The molecule has 0 bridgehead atoms. The van der Waals surface area contributed by atoms with Gasteiger partial charge in [-0.25, -0.2) is 4.79 Å². The third-order valence-electron chi connectivity index (χ3n) is 8.48. The minimum atomic E-state index is -1.20. The minimum absolute atomic E-state index is 0.0723. The monoisotopic (exact) mass is 562 g/mol. The van der Waals surface area contributed by atoms with Crippen LogP contribution in [0.5, 0.6) is 0 Å². The van der Waals surface area contributed by atoms with E-state index in [9.17, 15) is 28.8 Å². The number of nitrogens with two attached hydrogens (primary N) is 1. The van der Waals surface area contributed by atoms with Crippen molar-refractivity contribution in [1.29, 1.82) is 0 Å². The van der Waals surface area contributed by atoms with Crippen LogP contribution in [-0.2, 0) is 24.0 Å². The second-order valence-corrected chi connectivity index (χ2v) is 14.2. The van der Waals surface area contributed by atoms with Crippen LogP contribution >= 0.6 is 0 Å². The van der Waals surface area contributed by atoms with Gasteiger partial charge in [-0.2, -0.15) is 0 Å². The van der Waals surface area contributed by atoms with Crippen LogP contribution in [0.25, 0.3) is 0 Å². The number of nitrogens with zero attached hydrogens (tertiary/aromatic N) is 1. The highest BCUT2D eigenvalue weighted by molar-refractivity contribution is 6.37. The van der Waals surface area contributed by atoms with Crippen molar-refractivity contribution in [3.63, 3.8) is 0 Å². The van der Waals surface area contributed by atoms with Crippen molar-refractivity contribution in [3.05, 3.63) is 0 Å². The minimum Gasteiger partial charge on any atom is -0.363 e. The number of hydrogen-bond acceptors (Lipinski definition) is 6. The molecule has 6 N–H and O–H groups in total. The molecule has 0 aromatic carbocycles. The first-order valence-corrected chi connectivity index (χ1v) is 14.1. The number of nitrogens with one attached hydrogen (secondary N) is 4. The Morgan fingerprint density at radius 2 is 1.70 bits per heavy atom. The summed E-state index contributed by atoms with van der Waals surface area (Å²) >= 11 is 0. The number of carbonyl (C=O) groups excluding carboxylic acids is 6. The number of primary amides is 1. The molecular weight excluding hydrogens is 516 g/mol. The summed E-state index contributed by atoms with van der Waals surface area (Å²) in [5.74, 6) is -3.56. The summed E-state index contributed by atoms with van der Waals surface area (Å²) in [4.78, 5) is 78.4. The number of ketones is 1. The van der Waals surface area contributed by atoms with E-state index < -0.39 is 52.7 Å². The molecule has 0 unspecified atom stereocenters. The third-order valence-corrected chi connectivity index (χ3v) is 8.48. The van der Waals surface area contributed by atoms with Crippen molar-refractivity contribution in [1.82, 2.24) is 26.2 Å². The van der Waals surface area contributed by atoms with Crippen molar-refractivity contribution in [2.24, 2.45) is 34.3 Å². The average molecular weight is 563 g/mol. The largest absolute Gasteiger partial charge is 0.363 e. The van der Waals surface area contributed by atoms with Crippen molar-refractivity contribution in [2.75, 3.05) is 13.1 Å². The molecule has 2 heterocycles. The molecular formula is C28H46N6O6. The van der Waals surface area contributed by atoms with Gasteiger partial charge in [0, 0.05) is 24.5 Å². The van der Waals surface area contributed by atoms with E-state index in [2.05, 4.69) is 21.3 Å². The van der Waals surface area contributed by atoms with E-state index in [0.29, 0.717) is 25.9 Å². The molecule has 3 rings (SSSR count). The lowest BCUT2D eigenvalue weighted by Crippen LogP contribution is -2.62. The summed E-state index contributed by atoms with van der Waals surface area (Å²) < 4.78 is 0. The molecule has 0 spiro atoms. The van der Waals surface area contributed by atoms with Gasteiger partial charge >= 0.3 is 6.03 Å². The predicted molar refractivity (Wildman–Crippen MR) is 147 cm³/mol. The Labute approximate surface area is 236 Å². The van der Waals surface area contributed by atoms with Crippen LogP contribution in [0, 0.1) is 28.6 Å². The lowest BCUT2D eigenvalue weighted by molar-refractivity contribution is -0.145. The molecule has 40 heavy (non-hydrogen) atoms. The van der Waals surface area contributed by atoms with Gasteiger partial charge in [0.1, 0.15) is 12.1 Å². The Morgan fingerprint density at radius 3 is 2.20 bits per heavy atom. The molecule has 2 saturated heterocycles. The van der Waals surface area contributed by atoms with Crippen LogP contribution in [0.2, 0.25) is 0 Å². The van der Waals surface area contributed by atoms with Gasteiger partial charge in [-0.3, -0.25) is 24.0 Å². The maximum absolute atomic E-state index is 14.0. The van der Waals surface area contributed by atoms with E-state index in [4.69, 9.17) is 5.73 Å². The van der Waals surface area contributed by atoms with Crippen LogP contribution in [0.1, 0.15) is 74.7 Å². The highest BCUT2D eigenvalue weighted by Gasteiger charge is 2.70. The first kappa shape index (κ1) is 31.3. The zero-order valence-corrected chi connectivity index (χ0v) is 25.0. The lowest BCUT2D eigenvalue weighted by atomic mass is 9.85. The van der Waals surface area contributed by atoms with Crippen molar-refractivity contribution < 1.29 is 28.8 Å². The van der Waals surface area contributed by atoms with E-state index in [-0.39, 0.29) is 41.4 Å². The second kappa shape index (κ2) is 11.0. The highest BCUT2D eigenvalue weighted by Crippen LogP contribution is 2.65. The summed E-state index contributed by atoms with van der Waals surface area (Å²) in [5, 5.41) is 11.0. The number of Topliss-reactive ketones (excluding diaryl/α,β-unsaturated/α-hetero) is 1. The number of piperidine rings is 1. The van der Waals surface area contributed by atoms with E-state index in [1.165, 1.54) is 4.90 Å². The topological polar surface area (TPSA) is 180 Å². The fraction of sp³-hybridized carbons (Fsp3) is 0.786. The number of fused-ring (bicyclic) bond motifs is 1. The van der Waals surface area contributed by atoms with Crippen molar-refractivity contribution >= 4 is 35.4 Å². The van der Waals surface area contributed by atoms with Gasteiger partial charge in [-0.1, -0.05) is 34.6 Å². The molecule has 6 atom stereocenters. The molecule has 3 fully saturated rings. The fourth-order valence-electron chi connectivity index (χ4n) is 6.12. The molecule has 1 aliphatic carbocycles. The maximum atomic E-state index is 14.0. The van der Waals surface area contributed by atoms with Crippen LogP contribution < -0.4 is 27.0 Å². The SMILES string of the molecule is CC(C)(C)NC(=O)N[C@H](C(=O)N1C[C@H]2[C@@H]([C@H]1C(=O)N[C@@H](CC[C@@H]1CCNC1=O)C(=O)C(N)=O)C2(C)C)C(C)(C)C. The summed E-state index contributed by atoms with van der Waals surface area (Å²) in [6, 6.07) is -3.50. The van der Waals surface area contributed by atoms with Gasteiger partial charge in [0.05, 0.1) is 6.04 Å². The van der Waals surface area contributed by atoms with Gasteiger partial charge in [0.15, 0.2) is 0 Å². The second-order valence-electron chi connectivity index (χ2n) is 14.2. The van der Waals surface area contributed by atoms with Crippen LogP contribution in [-0.4, -0.2) is 77.1 Å². The Bertz CT molecular complexity index is 1070. The molecule has 0 aromatic heterocycles. The Kier molecular flexibility index (Phi) is 8.62. The van der Waals surface area contributed by atoms with Gasteiger partial charge in [-0.15, -0.1) is 0 Å². The zero-order chi connectivity index (χ0) is 30.4. The molecule has 6 amide bonds. The normalized spacial score (nSPS) is 26.7. The fourth-order valence-corrected chi connectivity index (χ4v) is 6.12. The predicted octanol–water partition coefficient (Wildman–Crippen LogP) is 0.437. The quantitative estimate of drug-likeness (QED) is 0.254. The number of amides is 6. The zero-order valence-electron chi connectivity index (χ0n) is 25.0. The summed E-state index contributed by atoms with van der Waals surface area (Å²) in [6.07, 6.45) is 0.986. The third kappa shape index (κ3) is 6.75. The van der Waals surface area contributed by atoms with Crippen LogP contribution in [0.4, 0.5) is 4.79 Å². The van der Waals surface area contributed by atoms with E-state index in [1.807, 2.05) is 55.4 Å². The molecule has 12 nitrogen and oxygen atoms in total. The summed E-state index contributed by atoms with van der Waals surface area (Å²) in [7, 11) is 0. The Hall–Kier alpha value is -3.18. The average Bonchev–Trinajstić information content (AvgIpc) is 3.17. The Balaban J connectivity index is 1.82. The highest BCUT2D eigenvalue weighted by atomic mass is 16.2. The molecule has 0 aromatic rings. The summed E-state index contributed by atoms with van der Waals surface area (Å²) in [5.41, 5.74) is 3.90. The van der Waals surface area contributed by atoms with Gasteiger partial charge in [0.25, 0.3) is 5.91 Å². The molecule has 0 radical (unpaired) electrons. The first-order chi connectivity index (χ1) is 18.3. The number of carbonyl (C=O) groups is 6. The summed E-state index contributed by atoms with van der Waals surface area (Å²) in [6.45, 7) is 16.0. The van der Waals surface area contributed by atoms with Gasteiger partial charge < -0.3 is 31.9 Å². The van der Waals surface area contributed by atoms with E-state index in [1.54, 1.807) is 0 Å². The number of likely N-dealkylation sites (tertiary alicyclic amines) is 1. The molecule has 2 aliphatic heterocycles. The first-order valence-electron chi connectivity index (χ1n) is 14.1.